The van der Waals surface area contributed by atoms with Crippen LogP contribution in [0.4, 0.5) is 0 Å². The van der Waals surface area contributed by atoms with Crippen LogP contribution in [0.25, 0.3) is 11.0 Å². The average Bonchev–Trinajstić information content (AvgIpc) is 2.80. The number of hydrogen-bond donors (Lipinski definition) is 1. The van der Waals surface area contributed by atoms with E-state index in [-0.39, 0.29) is 18.8 Å². The summed E-state index contributed by atoms with van der Waals surface area (Å²) in [4.78, 5) is 7.63. The second kappa shape index (κ2) is 4.08. The Balaban J connectivity index is 1.96. The largest absolute Gasteiger partial charge is 0.511 e. The molecule has 2 aromatic rings. The minimum absolute atomic E-state index is 0.0635. The molecule has 94 valence electrons. The third kappa shape index (κ3) is 1.98. The number of nitrogens with zero attached hydrogens (tertiary/aromatic N) is 1. The van der Waals surface area contributed by atoms with Gasteiger partial charge in [-0.15, -0.1) is 0 Å². The molecule has 0 spiro atoms. The van der Waals surface area contributed by atoms with Crippen molar-refractivity contribution < 1.29 is 9.31 Å². The molecule has 3 heterocycles. The first-order valence-corrected chi connectivity index (χ1v) is 6.72. The molecule has 0 amide bonds. The van der Waals surface area contributed by atoms with E-state index >= 15 is 0 Å². The Morgan fingerprint density at radius 1 is 1.44 bits per heavy atom. The Morgan fingerprint density at radius 2 is 2.22 bits per heavy atom. The molecule has 4 nitrogen and oxygen atoms in total. The molecule has 18 heavy (non-hydrogen) atoms. The number of pyridine rings is 1. The molecule has 1 fully saturated rings. The highest BCUT2D eigenvalue weighted by atomic mass is 79.9. The molecule has 1 saturated heterocycles. The SMILES string of the molecule is CC1OB(c2cc3ncc(Br)cc3[nH]2)OC1(C)C. The van der Waals surface area contributed by atoms with Crippen molar-refractivity contribution in [2.24, 2.45) is 0 Å². The van der Waals surface area contributed by atoms with Gasteiger partial charge in [-0.3, -0.25) is 4.98 Å². The second-order valence-corrected chi connectivity index (χ2v) is 6.06. The maximum absolute atomic E-state index is 5.91. The number of halogens is 1. The third-order valence-electron chi connectivity index (χ3n) is 3.43. The van der Waals surface area contributed by atoms with Gasteiger partial charge in [0.05, 0.1) is 22.7 Å². The van der Waals surface area contributed by atoms with Crippen LogP contribution < -0.4 is 5.59 Å². The van der Waals surface area contributed by atoms with Crippen molar-refractivity contribution in [2.75, 3.05) is 0 Å². The number of nitrogens with one attached hydrogen (secondary N) is 1. The van der Waals surface area contributed by atoms with E-state index in [1.54, 1.807) is 6.20 Å². The summed E-state index contributed by atoms with van der Waals surface area (Å²) in [6.45, 7) is 6.10. The van der Waals surface area contributed by atoms with Crippen molar-refractivity contribution in [3.63, 3.8) is 0 Å². The van der Waals surface area contributed by atoms with E-state index in [4.69, 9.17) is 9.31 Å². The van der Waals surface area contributed by atoms with Crippen LogP contribution in [0, 0.1) is 0 Å². The van der Waals surface area contributed by atoms with Crippen LogP contribution in [0.15, 0.2) is 22.8 Å². The number of aromatic amines is 1. The quantitative estimate of drug-likeness (QED) is 0.822. The van der Waals surface area contributed by atoms with Gasteiger partial charge in [0.2, 0.25) is 0 Å². The van der Waals surface area contributed by atoms with Crippen molar-refractivity contribution >= 4 is 39.7 Å². The van der Waals surface area contributed by atoms with E-state index in [1.165, 1.54) is 0 Å². The topological polar surface area (TPSA) is 47.1 Å². The fraction of sp³-hybridized carbons (Fsp3) is 0.417. The van der Waals surface area contributed by atoms with Gasteiger partial charge in [0.15, 0.2) is 0 Å². The monoisotopic (exact) mass is 308 g/mol. The van der Waals surface area contributed by atoms with Crippen molar-refractivity contribution in [2.45, 2.75) is 32.5 Å². The molecule has 0 saturated carbocycles. The van der Waals surface area contributed by atoms with Crippen LogP contribution in [-0.4, -0.2) is 28.8 Å². The van der Waals surface area contributed by atoms with Gasteiger partial charge in [0.1, 0.15) is 0 Å². The number of H-pyrrole nitrogens is 1. The lowest BCUT2D eigenvalue weighted by atomic mass is 9.85. The maximum Gasteiger partial charge on any atom is 0.511 e. The minimum Gasteiger partial charge on any atom is -0.401 e. The minimum atomic E-state index is -0.344. The molecule has 0 aromatic carbocycles. The van der Waals surface area contributed by atoms with Crippen molar-refractivity contribution in [1.29, 1.82) is 0 Å². The lowest BCUT2D eigenvalue weighted by Gasteiger charge is -2.21. The Hall–Kier alpha value is -0.845. The van der Waals surface area contributed by atoms with E-state index in [9.17, 15) is 0 Å². The number of hydrogen-bond acceptors (Lipinski definition) is 3. The van der Waals surface area contributed by atoms with E-state index in [0.717, 1.165) is 21.1 Å². The predicted octanol–water partition coefficient (Wildman–Crippen LogP) is 2.23. The molecule has 3 rings (SSSR count). The molecule has 1 unspecified atom stereocenters. The molecule has 2 aromatic heterocycles. The molecule has 1 aliphatic heterocycles. The van der Waals surface area contributed by atoms with Crippen LogP contribution in [0.5, 0.6) is 0 Å². The van der Waals surface area contributed by atoms with Gasteiger partial charge in [-0.25, -0.2) is 0 Å². The van der Waals surface area contributed by atoms with E-state index in [2.05, 4.69) is 25.9 Å². The van der Waals surface area contributed by atoms with E-state index < -0.39 is 0 Å². The summed E-state index contributed by atoms with van der Waals surface area (Å²) in [5, 5.41) is 0. The summed E-state index contributed by atoms with van der Waals surface area (Å²) in [5.74, 6) is 0. The lowest BCUT2D eigenvalue weighted by Crippen LogP contribution is -2.35. The van der Waals surface area contributed by atoms with Gasteiger partial charge in [-0.05, 0) is 48.8 Å². The smallest absolute Gasteiger partial charge is 0.401 e. The van der Waals surface area contributed by atoms with Gasteiger partial charge < -0.3 is 14.3 Å². The Morgan fingerprint density at radius 3 is 2.89 bits per heavy atom. The highest BCUT2D eigenvalue weighted by Gasteiger charge is 2.44. The molecule has 0 radical (unpaired) electrons. The number of rotatable bonds is 1. The molecule has 6 heteroatoms. The van der Waals surface area contributed by atoms with Crippen LogP contribution in [0.2, 0.25) is 0 Å². The highest BCUT2D eigenvalue weighted by molar-refractivity contribution is 9.10. The first kappa shape index (κ1) is 12.2. The first-order chi connectivity index (χ1) is 8.45. The summed E-state index contributed by atoms with van der Waals surface area (Å²) in [5.41, 5.74) is 2.53. The van der Waals surface area contributed by atoms with Gasteiger partial charge >= 0.3 is 7.12 Å². The van der Waals surface area contributed by atoms with Crippen molar-refractivity contribution in [3.8, 4) is 0 Å². The second-order valence-electron chi connectivity index (χ2n) is 5.14. The van der Waals surface area contributed by atoms with Gasteiger partial charge in [-0.2, -0.15) is 0 Å². The fourth-order valence-electron chi connectivity index (χ4n) is 2.02. The van der Waals surface area contributed by atoms with Gasteiger partial charge in [0, 0.05) is 16.3 Å². The first-order valence-electron chi connectivity index (χ1n) is 5.93. The van der Waals surface area contributed by atoms with Crippen molar-refractivity contribution in [3.05, 3.63) is 22.8 Å². The summed E-state index contributed by atoms with van der Waals surface area (Å²) >= 11 is 3.41. The predicted molar refractivity (Wildman–Crippen MR) is 74.9 cm³/mol. The zero-order valence-electron chi connectivity index (χ0n) is 10.5. The highest BCUT2D eigenvalue weighted by Crippen LogP contribution is 2.27. The Bertz CT molecular complexity index is 599. The molecule has 1 N–H and O–H groups in total. The molecule has 1 atom stereocenters. The molecular formula is C12H14BBrN2O2. The molecule has 1 aliphatic rings. The number of fused-ring (bicyclic) bond motifs is 1. The summed E-state index contributed by atoms with van der Waals surface area (Å²) in [6.07, 6.45) is 1.84. The van der Waals surface area contributed by atoms with Crippen LogP contribution in [0.3, 0.4) is 0 Å². The Kier molecular flexibility index (Phi) is 2.77. The summed E-state index contributed by atoms with van der Waals surface area (Å²) in [7, 11) is -0.344. The molecular weight excluding hydrogens is 295 g/mol. The zero-order valence-corrected chi connectivity index (χ0v) is 12.1. The summed E-state index contributed by atoms with van der Waals surface area (Å²) < 4.78 is 12.7. The van der Waals surface area contributed by atoms with E-state index in [1.807, 2.05) is 32.9 Å². The average molecular weight is 309 g/mol. The lowest BCUT2D eigenvalue weighted by molar-refractivity contribution is 0.0842. The maximum atomic E-state index is 5.91. The summed E-state index contributed by atoms with van der Waals surface area (Å²) in [6, 6.07) is 3.97. The van der Waals surface area contributed by atoms with E-state index in [0.29, 0.717) is 0 Å². The number of aromatic nitrogens is 2. The zero-order chi connectivity index (χ0) is 12.9. The standard InChI is InChI=1S/C12H14BBrN2O2/c1-7-12(2,3)18-13(17-7)11-5-9-10(16-11)4-8(14)6-15-9/h4-7,16H,1-3H3. The fourth-order valence-corrected chi connectivity index (χ4v) is 2.35. The van der Waals surface area contributed by atoms with Crippen molar-refractivity contribution in [1.82, 2.24) is 9.97 Å². The van der Waals surface area contributed by atoms with Gasteiger partial charge in [0.25, 0.3) is 0 Å². The van der Waals surface area contributed by atoms with Crippen LogP contribution in [-0.2, 0) is 9.31 Å². The Labute approximate surface area is 114 Å². The van der Waals surface area contributed by atoms with Gasteiger partial charge in [-0.1, -0.05) is 0 Å². The normalized spacial score (nSPS) is 22.9. The van der Waals surface area contributed by atoms with Crippen LogP contribution >= 0.6 is 15.9 Å². The molecule has 0 aliphatic carbocycles. The third-order valence-corrected chi connectivity index (χ3v) is 3.86. The van der Waals surface area contributed by atoms with Crippen LogP contribution in [0.1, 0.15) is 20.8 Å². The molecule has 0 bridgehead atoms.